The fourth-order valence-corrected chi connectivity index (χ4v) is 1.99. The highest BCUT2D eigenvalue weighted by Crippen LogP contribution is 2.10. The highest BCUT2D eigenvalue weighted by molar-refractivity contribution is 7.89. The molecule has 15 heavy (non-hydrogen) atoms. The summed E-state index contributed by atoms with van der Waals surface area (Å²) in [7, 11) is -2.26. The Balaban J connectivity index is 3.01. The van der Waals surface area contributed by atoms with Crippen LogP contribution in [0.3, 0.4) is 0 Å². The highest BCUT2D eigenvalue weighted by atomic mass is 32.2. The molecule has 0 saturated carbocycles. The lowest BCUT2D eigenvalue weighted by Gasteiger charge is -2.10. The molecule has 0 aliphatic rings. The Morgan fingerprint density at radius 3 is 2.80 bits per heavy atom. The zero-order chi connectivity index (χ0) is 11.5. The van der Waals surface area contributed by atoms with Crippen LogP contribution in [0, 0.1) is 11.3 Å². The molecule has 0 aliphatic heterocycles. The van der Waals surface area contributed by atoms with Gasteiger partial charge in [0.05, 0.1) is 12.4 Å². The average molecular weight is 228 g/mol. The Hall–Kier alpha value is -1.39. The predicted molar refractivity (Wildman–Crippen MR) is 53.3 cm³/mol. The average Bonchev–Trinajstić information content (AvgIpc) is 2.66. The Bertz CT molecular complexity index is 471. The first-order chi connectivity index (χ1) is 7.02. The maximum absolute atomic E-state index is 11.8. The molecule has 0 radical (unpaired) electrons. The van der Waals surface area contributed by atoms with E-state index in [1.807, 2.05) is 6.92 Å². The van der Waals surface area contributed by atoms with Gasteiger partial charge in [0.15, 0.2) is 5.03 Å². The monoisotopic (exact) mass is 228 g/mol. The lowest BCUT2D eigenvalue weighted by molar-refractivity contribution is 0.498. The van der Waals surface area contributed by atoms with Crippen LogP contribution in [-0.4, -0.2) is 35.9 Å². The van der Waals surface area contributed by atoms with Crippen LogP contribution in [0.5, 0.6) is 0 Å². The summed E-state index contributed by atoms with van der Waals surface area (Å²) in [6, 6.07) is 1.78. The zero-order valence-corrected chi connectivity index (χ0v) is 9.40. The molecule has 0 bridgehead atoms. The van der Waals surface area contributed by atoms with Crippen LogP contribution >= 0.6 is 0 Å². The molecular weight excluding hydrogens is 216 g/mol. The zero-order valence-electron chi connectivity index (χ0n) is 8.58. The number of aryl methyl sites for hydroxylation is 1. The minimum absolute atomic E-state index is 0.0258. The molecule has 1 aromatic rings. The topological polar surface area (TPSA) is 79.0 Å². The summed E-state index contributed by atoms with van der Waals surface area (Å²) in [5, 5.41) is 8.39. The molecular formula is C8H12N4O2S. The molecule has 0 fully saturated rings. The molecule has 0 aliphatic carbocycles. The van der Waals surface area contributed by atoms with Crippen molar-refractivity contribution < 1.29 is 8.42 Å². The van der Waals surface area contributed by atoms with Crippen molar-refractivity contribution in [3.05, 3.63) is 12.5 Å². The molecule has 0 amide bonds. The van der Waals surface area contributed by atoms with Gasteiger partial charge in [-0.2, -0.15) is 9.57 Å². The minimum atomic E-state index is -3.61. The predicted octanol–water partition coefficient (Wildman–Crippen LogP) is 0.0471. The summed E-state index contributed by atoms with van der Waals surface area (Å²) in [6.45, 7) is 2.36. The van der Waals surface area contributed by atoms with Gasteiger partial charge in [0.1, 0.15) is 6.54 Å². The third-order valence-corrected chi connectivity index (χ3v) is 3.63. The van der Waals surface area contributed by atoms with Gasteiger partial charge in [-0.05, 0) is 6.92 Å². The van der Waals surface area contributed by atoms with E-state index >= 15 is 0 Å². The van der Waals surface area contributed by atoms with Crippen LogP contribution < -0.4 is 0 Å². The molecule has 1 heterocycles. The second-order valence-corrected chi connectivity index (χ2v) is 4.95. The standard InChI is InChI=1S/C8H12N4O2S/c1-3-12-6-8(10-7-12)15(13,14)11(2)5-4-9/h6-7H,3,5H2,1-2H3. The van der Waals surface area contributed by atoms with Gasteiger partial charge in [-0.3, -0.25) is 0 Å². The van der Waals surface area contributed by atoms with Crippen molar-refractivity contribution in [2.75, 3.05) is 13.6 Å². The summed E-state index contributed by atoms with van der Waals surface area (Å²) in [5.74, 6) is 0. The van der Waals surface area contributed by atoms with Crippen LogP contribution in [0.2, 0.25) is 0 Å². The van der Waals surface area contributed by atoms with E-state index in [4.69, 9.17) is 5.26 Å². The van der Waals surface area contributed by atoms with Crippen molar-refractivity contribution in [1.29, 1.82) is 5.26 Å². The Kier molecular flexibility index (Phi) is 3.44. The number of aromatic nitrogens is 2. The Labute approximate surface area is 88.8 Å². The van der Waals surface area contributed by atoms with Crippen molar-refractivity contribution in [3.8, 4) is 6.07 Å². The van der Waals surface area contributed by atoms with Gasteiger partial charge < -0.3 is 4.57 Å². The summed E-state index contributed by atoms with van der Waals surface area (Å²) >= 11 is 0. The Morgan fingerprint density at radius 1 is 1.67 bits per heavy atom. The SMILES string of the molecule is CCn1cnc(S(=O)(=O)N(C)CC#N)c1. The van der Waals surface area contributed by atoms with Crippen LogP contribution in [0.15, 0.2) is 17.6 Å². The number of nitrogens with zero attached hydrogens (tertiary/aromatic N) is 4. The Morgan fingerprint density at radius 2 is 2.33 bits per heavy atom. The van der Waals surface area contributed by atoms with Crippen LogP contribution in [0.1, 0.15) is 6.92 Å². The number of nitriles is 1. The summed E-state index contributed by atoms with van der Waals surface area (Å²) < 4.78 is 26.1. The number of hydrogen-bond acceptors (Lipinski definition) is 4. The quantitative estimate of drug-likeness (QED) is 0.682. The van der Waals surface area contributed by atoms with Gasteiger partial charge in [-0.25, -0.2) is 13.4 Å². The van der Waals surface area contributed by atoms with Gasteiger partial charge in [0.25, 0.3) is 10.0 Å². The van der Waals surface area contributed by atoms with Crippen LogP contribution in [0.25, 0.3) is 0 Å². The summed E-state index contributed by atoms with van der Waals surface area (Å²) in [6.07, 6.45) is 2.90. The third-order valence-electron chi connectivity index (χ3n) is 1.94. The van der Waals surface area contributed by atoms with E-state index in [-0.39, 0.29) is 11.6 Å². The molecule has 0 saturated heterocycles. The molecule has 82 valence electrons. The number of hydrogen-bond donors (Lipinski definition) is 0. The van der Waals surface area contributed by atoms with Crippen LogP contribution in [0.4, 0.5) is 0 Å². The van der Waals surface area contributed by atoms with Crippen molar-refractivity contribution in [2.45, 2.75) is 18.5 Å². The smallest absolute Gasteiger partial charge is 0.262 e. The molecule has 0 spiro atoms. The van der Waals surface area contributed by atoms with Crippen LogP contribution in [-0.2, 0) is 16.6 Å². The van der Waals surface area contributed by atoms with Gasteiger partial charge in [-0.15, -0.1) is 0 Å². The normalized spacial score (nSPS) is 11.6. The first-order valence-electron chi connectivity index (χ1n) is 4.37. The maximum atomic E-state index is 11.8. The number of rotatable bonds is 4. The van der Waals surface area contributed by atoms with Crippen molar-refractivity contribution in [1.82, 2.24) is 13.9 Å². The summed E-state index contributed by atoms with van der Waals surface area (Å²) in [5.41, 5.74) is 0. The first kappa shape index (κ1) is 11.7. The van der Waals surface area contributed by atoms with E-state index < -0.39 is 10.0 Å². The van der Waals surface area contributed by atoms with Gasteiger partial charge >= 0.3 is 0 Å². The lowest BCUT2D eigenvalue weighted by Crippen LogP contribution is -2.27. The van der Waals surface area contributed by atoms with Crippen molar-refractivity contribution >= 4 is 10.0 Å². The molecule has 0 atom stereocenters. The van der Waals surface area contributed by atoms with E-state index in [2.05, 4.69) is 4.98 Å². The first-order valence-corrected chi connectivity index (χ1v) is 5.81. The highest BCUT2D eigenvalue weighted by Gasteiger charge is 2.22. The minimum Gasteiger partial charge on any atom is -0.336 e. The van der Waals surface area contributed by atoms with Gasteiger partial charge in [-0.1, -0.05) is 0 Å². The maximum Gasteiger partial charge on any atom is 0.262 e. The van der Waals surface area contributed by atoms with Crippen molar-refractivity contribution in [3.63, 3.8) is 0 Å². The number of sulfonamides is 1. The van der Waals surface area contributed by atoms with E-state index in [1.54, 1.807) is 10.6 Å². The molecule has 0 unspecified atom stereocenters. The fraction of sp³-hybridized carbons (Fsp3) is 0.500. The molecule has 0 aromatic carbocycles. The lowest BCUT2D eigenvalue weighted by atomic mass is 10.7. The largest absolute Gasteiger partial charge is 0.336 e. The molecule has 0 N–H and O–H groups in total. The molecule has 1 aromatic heterocycles. The van der Waals surface area contributed by atoms with Gasteiger partial charge in [0.2, 0.25) is 0 Å². The summed E-state index contributed by atoms with van der Waals surface area (Å²) in [4.78, 5) is 3.79. The van der Waals surface area contributed by atoms with E-state index in [0.717, 1.165) is 4.31 Å². The fourth-order valence-electron chi connectivity index (χ4n) is 0.990. The molecule has 1 rings (SSSR count). The third kappa shape index (κ3) is 2.34. The van der Waals surface area contributed by atoms with E-state index in [0.29, 0.717) is 6.54 Å². The second-order valence-electron chi connectivity index (χ2n) is 2.96. The molecule has 7 heteroatoms. The van der Waals surface area contributed by atoms with Gasteiger partial charge in [0, 0.05) is 19.8 Å². The molecule has 6 nitrogen and oxygen atoms in total. The second kappa shape index (κ2) is 4.42. The van der Waals surface area contributed by atoms with Crippen molar-refractivity contribution in [2.24, 2.45) is 0 Å². The number of imidazole rings is 1. The van der Waals surface area contributed by atoms with E-state index in [1.165, 1.54) is 19.6 Å². The van der Waals surface area contributed by atoms with E-state index in [9.17, 15) is 8.42 Å².